The van der Waals surface area contributed by atoms with Crippen LogP contribution in [0.4, 0.5) is 14.5 Å². The smallest absolute Gasteiger partial charge is 0.387 e. The van der Waals surface area contributed by atoms with Gasteiger partial charge in [0, 0.05) is 66.9 Å². The van der Waals surface area contributed by atoms with E-state index in [4.69, 9.17) is 37.4 Å². The summed E-state index contributed by atoms with van der Waals surface area (Å²) in [5.41, 5.74) is 6.58. The summed E-state index contributed by atoms with van der Waals surface area (Å²) < 4.78 is 45.3. The first-order chi connectivity index (χ1) is 27.4. The van der Waals surface area contributed by atoms with Crippen molar-refractivity contribution in [3.8, 4) is 22.8 Å². The highest BCUT2D eigenvalue weighted by Crippen LogP contribution is 2.39. The average Bonchev–Trinajstić information content (AvgIpc) is 3.50. The van der Waals surface area contributed by atoms with Crippen LogP contribution in [0.15, 0.2) is 84.9 Å². The Bertz CT molecular complexity index is 2280. The van der Waals surface area contributed by atoms with Gasteiger partial charge in [0.15, 0.2) is 0 Å². The number of rotatable bonds is 11. The predicted molar refractivity (Wildman–Crippen MR) is 218 cm³/mol. The Balaban J connectivity index is 1.31. The largest absolute Gasteiger partial charge is 0.496 e. The molecule has 2 amide bonds. The average molecular weight is 818 g/mol. The molecular weight excluding hydrogens is 773 g/mol. The molecule has 9 nitrogen and oxygen atoms in total. The fourth-order valence-corrected chi connectivity index (χ4v) is 8.13. The number of methoxy groups -OCH3 is 1. The molecule has 1 saturated heterocycles. The van der Waals surface area contributed by atoms with Crippen molar-refractivity contribution in [1.29, 1.82) is 0 Å². The third kappa shape index (κ3) is 8.53. The van der Waals surface area contributed by atoms with Gasteiger partial charge in [-0.05, 0) is 91.1 Å². The molecule has 0 radical (unpaired) electrons. The molecule has 2 aliphatic rings. The Morgan fingerprint density at radius 3 is 2.33 bits per heavy atom. The second-order valence-corrected chi connectivity index (χ2v) is 15.2. The Hall–Kier alpha value is -4.94. The van der Waals surface area contributed by atoms with Crippen LogP contribution in [-0.4, -0.2) is 78.8 Å². The summed E-state index contributed by atoms with van der Waals surface area (Å²) in [7, 11) is 3.40. The number of carbonyl (C=O) groups excluding carboxylic acids is 2. The van der Waals surface area contributed by atoms with E-state index in [1.807, 2.05) is 59.7 Å². The fourth-order valence-electron chi connectivity index (χ4n) is 7.80. The van der Waals surface area contributed by atoms with E-state index in [9.17, 15) is 13.6 Å². The first-order valence-electron chi connectivity index (χ1n) is 18.8. The van der Waals surface area contributed by atoms with Crippen molar-refractivity contribution in [1.82, 2.24) is 14.4 Å². The zero-order chi connectivity index (χ0) is 40.4. The van der Waals surface area contributed by atoms with Crippen LogP contribution < -0.4 is 14.4 Å². The van der Waals surface area contributed by atoms with E-state index in [-0.39, 0.29) is 40.7 Å². The molecule has 4 aromatic carbocycles. The van der Waals surface area contributed by atoms with Gasteiger partial charge < -0.3 is 28.6 Å². The monoisotopic (exact) mass is 816 g/mol. The normalized spacial score (nSPS) is 15.7. The van der Waals surface area contributed by atoms with Gasteiger partial charge in [0.1, 0.15) is 11.5 Å². The van der Waals surface area contributed by atoms with Crippen molar-refractivity contribution in [2.45, 2.75) is 46.0 Å². The number of alkyl halides is 2. The van der Waals surface area contributed by atoms with E-state index < -0.39 is 6.61 Å². The van der Waals surface area contributed by atoms with Crippen LogP contribution in [-0.2, 0) is 31.3 Å². The lowest BCUT2D eigenvalue weighted by molar-refractivity contribution is -0.0498. The van der Waals surface area contributed by atoms with Gasteiger partial charge in [0.25, 0.3) is 11.8 Å². The third-order valence-electron chi connectivity index (χ3n) is 11.1. The summed E-state index contributed by atoms with van der Waals surface area (Å²) in [6.45, 7) is 4.46. The number of amides is 2. The molecule has 298 valence electrons. The number of aromatic nitrogens is 1. The maximum atomic E-state index is 15.0. The number of nitrogens with zero attached hydrogens (tertiary/aromatic N) is 4. The number of fused-ring (bicyclic) bond motifs is 1. The zero-order valence-corrected chi connectivity index (χ0v) is 33.7. The standard InChI is InChI=1S/C44H44Cl2F2N4O5/c1-27-30(10-7-11-40(27)55-4)24-51(33-14-12-32(45)13-15-33)42(53)35-22-39(49(3)28(35)2)36-21-38(46)41(57-44(47)48)23-37(36)43(54)52-25-31-9-6-5-8-29(31)20-34(52)26-50-16-18-56-19-17-50/h5-15,21-23,34,44H,16-20,24-26H2,1-4H3/t34-/m0/s1. The van der Waals surface area contributed by atoms with E-state index in [2.05, 4.69) is 11.0 Å². The molecule has 1 aromatic heterocycles. The number of benzene rings is 4. The summed E-state index contributed by atoms with van der Waals surface area (Å²) >= 11 is 12.9. The molecule has 7 rings (SSSR count). The van der Waals surface area contributed by atoms with Gasteiger partial charge in [-0.1, -0.05) is 59.6 Å². The lowest BCUT2D eigenvalue weighted by Crippen LogP contribution is -2.52. The second-order valence-electron chi connectivity index (χ2n) is 14.4. The first kappa shape index (κ1) is 40.3. The number of ether oxygens (including phenoxy) is 3. The molecule has 0 bridgehead atoms. The lowest BCUT2D eigenvalue weighted by Gasteiger charge is -2.40. The SMILES string of the molecule is COc1cccc(CN(C(=O)c2cc(-c3cc(Cl)c(OC(F)F)cc3C(=O)N3Cc4ccccc4C[C@H]3CN3CCOCC3)n(C)c2C)c2ccc(Cl)cc2)c1C. The van der Waals surface area contributed by atoms with E-state index >= 15 is 4.79 Å². The van der Waals surface area contributed by atoms with Crippen LogP contribution in [0, 0.1) is 13.8 Å². The quantitative estimate of drug-likeness (QED) is 0.133. The zero-order valence-electron chi connectivity index (χ0n) is 32.2. The van der Waals surface area contributed by atoms with Crippen molar-refractivity contribution in [3.63, 3.8) is 0 Å². The van der Waals surface area contributed by atoms with Crippen LogP contribution >= 0.6 is 23.2 Å². The maximum Gasteiger partial charge on any atom is 0.387 e. The maximum absolute atomic E-state index is 15.0. The molecule has 57 heavy (non-hydrogen) atoms. The van der Waals surface area contributed by atoms with Gasteiger partial charge in [-0.3, -0.25) is 14.5 Å². The van der Waals surface area contributed by atoms with Crippen molar-refractivity contribution < 1.29 is 32.6 Å². The molecule has 1 atom stereocenters. The summed E-state index contributed by atoms with van der Waals surface area (Å²) in [6, 6.07) is 25.1. The minimum Gasteiger partial charge on any atom is -0.496 e. The third-order valence-corrected chi connectivity index (χ3v) is 11.6. The van der Waals surface area contributed by atoms with Crippen molar-refractivity contribution in [2.24, 2.45) is 7.05 Å². The number of anilines is 1. The molecule has 0 N–H and O–H groups in total. The lowest BCUT2D eigenvalue weighted by atomic mass is 9.92. The molecule has 5 aromatic rings. The first-order valence-corrected chi connectivity index (χ1v) is 19.5. The topological polar surface area (TPSA) is 76.5 Å². The highest BCUT2D eigenvalue weighted by Gasteiger charge is 2.35. The highest BCUT2D eigenvalue weighted by atomic mass is 35.5. The van der Waals surface area contributed by atoms with Crippen LogP contribution in [0.5, 0.6) is 11.5 Å². The Morgan fingerprint density at radius 2 is 1.63 bits per heavy atom. The van der Waals surface area contributed by atoms with Crippen molar-refractivity contribution in [3.05, 3.63) is 134 Å². The van der Waals surface area contributed by atoms with Gasteiger partial charge in [0.2, 0.25) is 0 Å². The summed E-state index contributed by atoms with van der Waals surface area (Å²) in [4.78, 5) is 35.6. The minimum atomic E-state index is -3.17. The molecule has 0 saturated carbocycles. The van der Waals surface area contributed by atoms with Gasteiger partial charge >= 0.3 is 6.61 Å². The van der Waals surface area contributed by atoms with Crippen LogP contribution in [0.3, 0.4) is 0 Å². The van der Waals surface area contributed by atoms with Gasteiger partial charge in [-0.25, -0.2) is 0 Å². The molecule has 0 spiro atoms. The number of morpholine rings is 1. The summed E-state index contributed by atoms with van der Waals surface area (Å²) in [5.74, 6) is -0.275. The van der Waals surface area contributed by atoms with E-state index in [1.54, 1.807) is 49.4 Å². The highest BCUT2D eigenvalue weighted by molar-refractivity contribution is 6.32. The van der Waals surface area contributed by atoms with Crippen molar-refractivity contribution >= 4 is 40.7 Å². The second kappa shape index (κ2) is 17.3. The van der Waals surface area contributed by atoms with Gasteiger partial charge in [-0.2, -0.15) is 8.78 Å². The predicted octanol–water partition coefficient (Wildman–Crippen LogP) is 8.97. The van der Waals surface area contributed by atoms with Gasteiger partial charge in [-0.15, -0.1) is 0 Å². The summed E-state index contributed by atoms with van der Waals surface area (Å²) in [5, 5.41) is 0.429. The molecule has 3 heterocycles. The number of halogens is 4. The molecule has 0 aliphatic carbocycles. The van der Waals surface area contributed by atoms with Crippen LogP contribution in [0.25, 0.3) is 11.3 Å². The number of hydrogen-bond donors (Lipinski definition) is 0. The Morgan fingerprint density at radius 1 is 0.912 bits per heavy atom. The molecule has 13 heteroatoms. The van der Waals surface area contributed by atoms with Crippen LogP contribution in [0.2, 0.25) is 10.0 Å². The van der Waals surface area contributed by atoms with E-state index in [1.165, 1.54) is 12.1 Å². The molecule has 0 unspecified atom stereocenters. The number of carbonyl (C=O) groups is 2. The molecule has 2 aliphatic heterocycles. The van der Waals surface area contributed by atoms with Gasteiger partial charge in [0.05, 0.1) is 43.0 Å². The van der Waals surface area contributed by atoms with Crippen molar-refractivity contribution in [2.75, 3.05) is 44.9 Å². The fraction of sp³-hybridized carbons (Fsp3) is 0.318. The Kier molecular flexibility index (Phi) is 12.2. The Labute approximate surface area is 341 Å². The van der Waals surface area contributed by atoms with Crippen LogP contribution in [0.1, 0.15) is 48.7 Å². The molecule has 1 fully saturated rings. The number of hydrogen-bond acceptors (Lipinski definition) is 6. The van der Waals surface area contributed by atoms with E-state index in [0.717, 1.165) is 35.3 Å². The van der Waals surface area contributed by atoms with E-state index in [0.29, 0.717) is 71.7 Å². The molecular formula is C44H44Cl2F2N4O5. The summed E-state index contributed by atoms with van der Waals surface area (Å²) in [6.07, 6.45) is 0.623. The minimum absolute atomic E-state index is 0.0984.